The summed E-state index contributed by atoms with van der Waals surface area (Å²) in [6.07, 6.45) is 2.93. The zero-order valence-corrected chi connectivity index (χ0v) is 8.56. The average molecular weight is 195 g/mol. The van der Waals surface area contributed by atoms with Crippen LogP contribution in [0.4, 0.5) is 0 Å². The standard InChI is InChI=1S/C9H14BNO3/c1-9(2,3)14-8-4-7(10(12)13)5-11-6-8/h4-6,12-13H,1-3H3. The molecule has 5 heteroatoms. The Kier molecular flexibility index (Phi) is 3.13. The van der Waals surface area contributed by atoms with Crippen LogP contribution in [0.15, 0.2) is 18.5 Å². The van der Waals surface area contributed by atoms with E-state index < -0.39 is 7.12 Å². The summed E-state index contributed by atoms with van der Waals surface area (Å²) in [7, 11) is -1.51. The van der Waals surface area contributed by atoms with Crippen molar-refractivity contribution in [2.75, 3.05) is 0 Å². The zero-order chi connectivity index (χ0) is 10.8. The molecule has 0 fully saturated rings. The Bertz CT molecular complexity index is 309. The second-order valence-corrected chi connectivity index (χ2v) is 4.04. The molecule has 0 amide bonds. The largest absolute Gasteiger partial charge is 0.490 e. The topological polar surface area (TPSA) is 62.6 Å². The first kappa shape index (κ1) is 11.0. The van der Waals surface area contributed by atoms with Gasteiger partial charge in [-0.1, -0.05) is 0 Å². The Balaban J connectivity index is 2.84. The first-order valence-electron chi connectivity index (χ1n) is 4.38. The highest BCUT2D eigenvalue weighted by atomic mass is 16.5. The molecule has 76 valence electrons. The Labute approximate surface area is 83.7 Å². The maximum Gasteiger partial charge on any atom is 0.490 e. The Morgan fingerprint density at radius 3 is 2.43 bits per heavy atom. The molecule has 0 spiro atoms. The molecule has 0 aliphatic rings. The Hall–Kier alpha value is -1.07. The lowest BCUT2D eigenvalue weighted by Gasteiger charge is -2.21. The van der Waals surface area contributed by atoms with Crippen molar-refractivity contribution in [2.24, 2.45) is 0 Å². The molecule has 1 heterocycles. The van der Waals surface area contributed by atoms with E-state index in [1.165, 1.54) is 12.4 Å². The molecule has 0 bridgehead atoms. The van der Waals surface area contributed by atoms with Gasteiger partial charge in [0, 0.05) is 11.7 Å². The van der Waals surface area contributed by atoms with E-state index in [2.05, 4.69) is 4.98 Å². The molecule has 2 N–H and O–H groups in total. The lowest BCUT2D eigenvalue weighted by atomic mass is 9.82. The van der Waals surface area contributed by atoms with E-state index in [0.29, 0.717) is 11.2 Å². The molecular weight excluding hydrogens is 181 g/mol. The molecule has 4 nitrogen and oxygen atoms in total. The summed E-state index contributed by atoms with van der Waals surface area (Å²) in [5.41, 5.74) is 0.00696. The predicted molar refractivity (Wildman–Crippen MR) is 54.4 cm³/mol. The van der Waals surface area contributed by atoms with E-state index in [-0.39, 0.29) is 5.60 Å². The van der Waals surface area contributed by atoms with E-state index in [0.717, 1.165) is 0 Å². The van der Waals surface area contributed by atoms with Gasteiger partial charge in [-0.3, -0.25) is 4.98 Å². The number of hydrogen-bond donors (Lipinski definition) is 2. The van der Waals surface area contributed by atoms with Gasteiger partial charge in [0.15, 0.2) is 0 Å². The third-order valence-corrected chi connectivity index (χ3v) is 1.46. The van der Waals surface area contributed by atoms with Gasteiger partial charge in [-0.25, -0.2) is 0 Å². The molecule has 0 unspecified atom stereocenters. The second kappa shape index (κ2) is 3.98. The lowest BCUT2D eigenvalue weighted by Crippen LogP contribution is -2.31. The number of ether oxygens (including phenoxy) is 1. The molecule has 0 saturated heterocycles. The molecule has 1 rings (SSSR count). The van der Waals surface area contributed by atoms with E-state index in [1.807, 2.05) is 20.8 Å². The van der Waals surface area contributed by atoms with E-state index in [1.54, 1.807) is 6.07 Å². The van der Waals surface area contributed by atoms with Gasteiger partial charge in [0.05, 0.1) is 6.20 Å². The number of hydrogen-bond acceptors (Lipinski definition) is 4. The van der Waals surface area contributed by atoms with Crippen molar-refractivity contribution in [2.45, 2.75) is 26.4 Å². The van der Waals surface area contributed by atoms with E-state index in [4.69, 9.17) is 14.8 Å². The highest BCUT2D eigenvalue weighted by Crippen LogP contribution is 2.14. The third kappa shape index (κ3) is 3.36. The van der Waals surface area contributed by atoms with Crippen LogP contribution in [0.1, 0.15) is 20.8 Å². The van der Waals surface area contributed by atoms with Crippen molar-refractivity contribution in [1.82, 2.24) is 4.98 Å². The van der Waals surface area contributed by atoms with Crippen molar-refractivity contribution >= 4 is 12.6 Å². The molecule has 0 aliphatic heterocycles. The first-order chi connectivity index (χ1) is 6.38. The smallest absolute Gasteiger partial charge is 0.487 e. The van der Waals surface area contributed by atoms with Crippen LogP contribution in [0.2, 0.25) is 0 Å². The monoisotopic (exact) mass is 195 g/mol. The van der Waals surface area contributed by atoms with Crippen LogP contribution in [-0.4, -0.2) is 27.8 Å². The van der Waals surface area contributed by atoms with Gasteiger partial charge in [0.25, 0.3) is 0 Å². The number of aromatic nitrogens is 1. The molecule has 0 atom stereocenters. The second-order valence-electron chi connectivity index (χ2n) is 4.04. The van der Waals surface area contributed by atoms with Crippen LogP contribution in [-0.2, 0) is 0 Å². The van der Waals surface area contributed by atoms with Gasteiger partial charge < -0.3 is 14.8 Å². The average Bonchev–Trinajstić information content (AvgIpc) is 2.01. The number of nitrogens with zero attached hydrogens (tertiary/aromatic N) is 1. The van der Waals surface area contributed by atoms with Crippen LogP contribution in [0, 0.1) is 0 Å². The summed E-state index contributed by atoms with van der Waals surface area (Å²) < 4.78 is 5.51. The van der Waals surface area contributed by atoms with E-state index in [9.17, 15) is 0 Å². The molecule has 1 aromatic rings. The maximum atomic E-state index is 8.91. The summed E-state index contributed by atoms with van der Waals surface area (Å²) in [6.45, 7) is 5.74. The lowest BCUT2D eigenvalue weighted by molar-refractivity contribution is 0.130. The molecular formula is C9H14BNO3. The maximum absolute atomic E-state index is 8.91. The van der Waals surface area contributed by atoms with Gasteiger partial charge in [-0.05, 0) is 26.8 Å². The minimum atomic E-state index is -1.51. The molecule has 1 aromatic heterocycles. The summed E-state index contributed by atoms with van der Waals surface area (Å²) in [5, 5.41) is 17.8. The SMILES string of the molecule is CC(C)(C)Oc1cncc(B(O)O)c1. The fourth-order valence-corrected chi connectivity index (χ4v) is 0.986. The normalized spacial score (nSPS) is 11.2. The third-order valence-electron chi connectivity index (χ3n) is 1.46. The van der Waals surface area contributed by atoms with Gasteiger partial charge >= 0.3 is 7.12 Å². The Morgan fingerprint density at radius 1 is 1.29 bits per heavy atom. The zero-order valence-electron chi connectivity index (χ0n) is 8.56. The summed E-state index contributed by atoms with van der Waals surface area (Å²) >= 11 is 0. The quantitative estimate of drug-likeness (QED) is 0.649. The van der Waals surface area contributed by atoms with Gasteiger partial charge in [0.2, 0.25) is 0 Å². The first-order valence-corrected chi connectivity index (χ1v) is 4.38. The summed E-state index contributed by atoms with van der Waals surface area (Å²) in [5.74, 6) is 0.531. The van der Waals surface area contributed by atoms with Gasteiger partial charge in [-0.2, -0.15) is 0 Å². The van der Waals surface area contributed by atoms with Crippen LogP contribution >= 0.6 is 0 Å². The molecule has 0 aromatic carbocycles. The van der Waals surface area contributed by atoms with Gasteiger partial charge in [0.1, 0.15) is 11.4 Å². The molecule has 0 radical (unpaired) electrons. The Morgan fingerprint density at radius 2 is 1.93 bits per heavy atom. The van der Waals surface area contributed by atoms with Crippen molar-refractivity contribution < 1.29 is 14.8 Å². The number of rotatable bonds is 2. The van der Waals surface area contributed by atoms with Crippen LogP contribution in [0.3, 0.4) is 0 Å². The highest BCUT2D eigenvalue weighted by Gasteiger charge is 2.15. The van der Waals surface area contributed by atoms with Crippen molar-refractivity contribution in [3.05, 3.63) is 18.5 Å². The van der Waals surface area contributed by atoms with Crippen LogP contribution in [0.5, 0.6) is 5.75 Å². The van der Waals surface area contributed by atoms with Crippen molar-refractivity contribution in [3.63, 3.8) is 0 Å². The van der Waals surface area contributed by atoms with Crippen LogP contribution < -0.4 is 10.2 Å². The van der Waals surface area contributed by atoms with E-state index >= 15 is 0 Å². The number of pyridine rings is 1. The summed E-state index contributed by atoms with van der Waals surface area (Å²) in [6, 6.07) is 1.56. The molecule has 0 aliphatic carbocycles. The van der Waals surface area contributed by atoms with Crippen LogP contribution in [0.25, 0.3) is 0 Å². The minimum absolute atomic E-state index is 0.319. The molecule has 14 heavy (non-hydrogen) atoms. The highest BCUT2D eigenvalue weighted by molar-refractivity contribution is 6.58. The minimum Gasteiger partial charge on any atom is -0.487 e. The van der Waals surface area contributed by atoms with Crippen molar-refractivity contribution in [1.29, 1.82) is 0 Å². The fraction of sp³-hybridized carbons (Fsp3) is 0.444. The predicted octanol–water partition coefficient (Wildman–Crippen LogP) is -0.0613. The van der Waals surface area contributed by atoms with Crippen molar-refractivity contribution in [3.8, 4) is 5.75 Å². The van der Waals surface area contributed by atoms with Gasteiger partial charge in [-0.15, -0.1) is 0 Å². The fourth-order valence-electron chi connectivity index (χ4n) is 0.986. The summed E-state index contributed by atoms with van der Waals surface area (Å²) in [4.78, 5) is 3.85. The molecule has 0 saturated carbocycles.